The van der Waals surface area contributed by atoms with Crippen molar-refractivity contribution in [1.82, 2.24) is 0 Å². The van der Waals surface area contributed by atoms with Gasteiger partial charge in [-0.3, -0.25) is 0 Å². The molecule has 0 heterocycles. The van der Waals surface area contributed by atoms with E-state index in [4.69, 9.17) is 13.9 Å². The number of rotatable bonds is 8. The molecule has 0 radical (unpaired) electrons. The molecule has 148 valence electrons. The van der Waals surface area contributed by atoms with E-state index < -0.39 is 20.1 Å². The lowest BCUT2D eigenvalue weighted by Gasteiger charge is -2.47. The smallest absolute Gasteiger partial charge is 0.338 e. The van der Waals surface area contributed by atoms with Crippen molar-refractivity contribution >= 4 is 14.3 Å². The SMILES string of the molecule is COC(=O)c1cc(O)cc(OC(C)(C)O[Si](C(C)C)(C(C)C)C(C)C)c1. The Balaban J connectivity index is 3.19. The van der Waals surface area contributed by atoms with E-state index in [0.717, 1.165) is 0 Å². The molecule has 1 rings (SSSR count). The summed E-state index contributed by atoms with van der Waals surface area (Å²) in [5.41, 5.74) is 1.49. The van der Waals surface area contributed by atoms with Crippen LogP contribution in [0.5, 0.6) is 11.5 Å². The second-order valence-electron chi connectivity index (χ2n) is 8.13. The Kier molecular flexibility index (Phi) is 7.30. The average molecular weight is 383 g/mol. The van der Waals surface area contributed by atoms with E-state index in [2.05, 4.69) is 41.5 Å². The lowest BCUT2D eigenvalue weighted by molar-refractivity contribution is -0.0940. The highest BCUT2D eigenvalue weighted by molar-refractivity contribution is 6.77. The predicted octanol–water partition coefficient (Wildman–Crippen LogP) is 5.49. The Bertz CT molecular complexity index is 601. The van der Waals surface area contributed by atoms with Crippen LogP contribution in [0.4, 0.5) is 0 Å². The molecule has 0 fully saturated rings. The van der Waals surface area contributed by atoms with E-state index >= 15 is 0 Å². The second kappa shape index (κ2) is 8.44. The van der Waals surface area contributed by atoms with Crippen molar-refractivity contribution in [1.29, 1.82) is 0 Å². The summed E-state index contributed by atoms with van der Waals surface area (Å²) < 4.78 is 17.5. The number of hydrogen-bond donors (Lipinski definition) is 1. The molecule has 1 aromatic rings. The number of carbonyl (C=O) groups excluding carboxylic acids is 1. The molecule has 0 saturated carbocycles. The largest absolute Gasteiger partial charge is 0.508 e. The average Bonchev–Trinajstić information content (AvgIpc) is 2.49. The molecule has 0 aromatic heterocycles. The third-order valence-corrected chi connectivity index (χ3v) is 11.1. The van der Waals surface area contributed by atoms with Gasteiger partial charge in [0.05, 0.1) is 12.7 Å². The molecule has 26 heavy (non-hydrogen) atoms. The molecule has 0 aliphatic carbocycles. The highest BCUT2D eigenvalue weighted by Gasteiger charge is 2.49. The Labute approximate surface area is 158 Å². The maximum Gasteiger partial charge on any atom is 0.338 e. The summed E-state index contributed by atoms with van der Waals surface area (Å²) in [7, 11) is -0.852. The van der Waals surface area contributed by atoms with Crippen molar-refractivity contribution in [2.75, 3.05) is 7.11 Å². The third-order valence-electron chi connectivity index (χ3n) is 4.81. The van der Waals surface area contributed by atoms with Crippen LogP contribution >= 0.6 is 0 Å². The van der Waals surface area contributed by atoms with E-state index in [-0.39, 0.29) is 11.3 Å². The second-order valence-corrected chi connectivity index (χ2v) is 13.5. The van der Waals surface area contributed by atoms with Crippen LogP contribution in [0.2, 0.25) is 16.6 Å². The summed E-state index contributed by atoms with van der Waals surface area (Å²) >= 11 is 0. The monoisotopic (exact) mass is 382 g/mol. The first-order valence-corrected chi connectivity index (χ1v) is 11.3. The van der Waals surface area contributed by atoms with E-state index in [1.807, 2.05) is 13.8 Å². The van der Waals surface area contributed by atoms with Crippen molar-refractivity contribution in [3.05, 3.63) is 23.8 Å². The Hall–Kier alpha value is -1.53. The minimum absolute atomic E-state index is 0.0567. The number of hydrogen-bond acceptors (Lipinski definition) is 5. The molecule has 0 amide bonds. The summed E-state index contributed by atoms with van der Waals surface area (Å²) in [4.78, 5) is 11.8. The molecular formula is C20H34O5Si. The van der Waals surface area contributed by atoms with Crippen LogP contribution in [0.25, 0.3) is 0 Å². The summed E-state index contributed by atoms with van der Waals surface area (Å²) in [6.07, 6.45) is 0. The fourth-order valence-electron chi connectivity index (χ4n) is 3.96. The number of ether oxygens (including phenoxy) is 2. The van der Waals surface area contributed by atoms with Crippen LogP contribution in [-0.4, -0.2) is 32.3 Å². The number of carbonyl (C=O) groups is 1. The molecule has 0 bridgehead atoms. The number of phenols is 1. The molecule has 6 heteroatoms. The number of phenolic OH excluding ortho intramolecular Hbond substituents is 1. The van der Waals surface area contributed by atoms with Gasteiger partial charge in [-0.15, -0.1) is 0 Å². The molecule has 0 aliphatic rings. The zero-order valence-corrected chi connectivity index (χ0v) is 18.5. The topological polar surface area (TPSA) is 65.0 Å². The van der Waals surface area contributed by atoms with Crippen LogP contribution < -0.4 is 4.74 Å². The molecular weight excluding hydrogens is 348 g/mol. The van der Waals surface area contributed by atoms with Gasteiger partial charge < -0.3 is 19.0 Å². The van der Waals surface area contributed by atoms with Crippen LogP contribution in [0.1, 0.15) is 65.7 Å². The van der Waals surface area contributed by atoms with Crippen molar-refractivity contribution < 1.29 is 23.8 Å². The minimum Gasteiger partial charge on any atom is -0.508 e. The summed E-state index contributed by atoms with van der Waals surface area (Å²) in [5.74, 6) is -1.11. The van der Waals surface area contributed by atoms with E-state index in [9.17, 15) is 9.90 Å². The van der Waals surface area contributed by atoms with Gasteiger partial charge in [-0.25, -0.2) is 4.79 Å². The lowest BCUT2D eigenvalue weighted by Crippen LogP contribution is -2.54. The van der Waals surface area contributed by atoms with E-state index in [0.29, 0.717) is 22.4 Å². The van der Waals surface area contributed by atoms with Crippen molar-refractivity contribution in [3.8, 4) is 11.5 Å². The highest BCUT2D eigenvalue weighted by atomic mass is 28.4. The van der Waals surface area contributed by atoms with Gasteiger partial charge in [0.15, 0.2) is 5.79 Å². The van der Waals surface area contributed by atoms with E-state index in [1.165, 1.54) is 19.2 Å². The van der Waals surface area contributed by atoms with Crippen LogP contribution in [0.15, 0.2) is 18.2 Å². The van der Waals surface area contributed by atoms with Crippen LogP contribution in [-0.2, 0) is 9.16 Å². The van der Waals surface area contributed by atoms with Crippen LogP contribution in [0, 0.1) is 0 Å². The van der Waals surface area contributed by atoms with Gasteiger partial charge in [0, 0.05) is 6.07 Å². The Morgan fingerprint density at radius 3 is 1.92 bits per heavy atom. The zero-order valence-electron chi connectivity index (χ0n) is 17.5. The maximum absolute atomic E-state index is 11.8. The molecule has 5 nitrogen and oxygen atoms in total. The fraction of sp³-hybridized carbons (Fsp3) is 0.650. The highest BCUT2D eigenvalue weighted by Crippen LogP contribution is 2.45. The quantitative estimate of drug-likeness (QED) is 0.366. The molecule has 0 saturated heterocycles. The van der Waals surface area contributed by atoms with Crippen molar-refractivity contribution in [2.45, 2.75) is 77.8 Å². The Morgan fingerprint density at radius 2 is 1.50 bits per heavy atom. The Morgan fingerprint density at radius 1 is 1.00 bits per heavy atom. The van der Waals surface area contributed by atoms with E-state index in [1.54, 1.807) is 6.07 Å². The first-order valence-electron chi connectivity index (χ1n) is 9.17. The van der Waals surface area contributed by atoms with Gasteiger partial charge in [-0.1, -0.05) is 41.5 Å². The molecule has 0 atom stereocenters. The van der Waals surface area contributed by atoms with Gasteiger partial charge in [0.2, 0.25) is 8.32 Å². The molecule has 1 aromatic carbocycles. The number of esters is 1. The lowest BCUT2D eigenvalue weighted by atomic mass is 10.2. The maximum atomic E-state index is 11.8. The molecule has 0 spiro atoms. The standard InChI is InChI=1S/C20H34O5Si/c1-13(2)26(14(3)4,15(5)6)25-20(7,8)24-18-11-16(19(22)23-9)10-17(21)12-18/h10-15,21H,1-9H3. The van der Waals surface area contributed by atoms with Crippen molar-refractivity contribution in [3.63, 3.8) is 0 Å². The fourth-order valence-corrected chi connectivity index (χ4v) is 9.56. The van der Waals surface area contributed by atoms with Gasteiger partial charge >= 0.3 is 5.97 Å². The normalized spacial score (nSPS) is 12.8. The molecule has 1 N–H and O–H groups in total. The van der Waals surface area contributed by atoms with Crippen LogP contribution in [0.3, 0.4) is 0 Å². The van der Waals surface area contributed by atoms with Gasteiger partial charge in [-0.05, 0) is 42.6 Å². The van der Waals surface area contributed by atoms with Gasteiger partial charge in [0.1, 0.15) is 11.5 Å². The number of benzene rings is 1. The molecule has 0 aliphatic heterocycles. The minimum atomic E-state index is -2.15. The summed E-state index contributed by atoms with van der Waals surface area (Å²) in [6.45, 7) is 17.0. The van der Waals surface area contributed by atoms with Crippen molar-refractivity contribution in [2.24, 2.45) is 0 Å². The molecule has 0 unspecified atom stereocenters. The number of aromatic hydroxyl groups is 1. The van der Waals surface area contributed by atoms with Gasteiger partial charge in [0.25, 0.3) is 0 Å². The number of methoxy groups -OCH3 is 1. The first kappa shape index (κ1) is 22.5. The van der Waals surface area contributed by atoms with Gasteiger partial charge in [-0.2, -0.15) is 0 Å². The predicted molar refractivity (Wildman–Crippen MR) is 106 cm³/mol. The summed E-state index contributed by atoms with van der Waals surface area (Å²) in [5, 5.41) is 9.91. The third kappa shape index (κ3) is 5.01. The zero-order chi connectivity index (χ0) is 20.3. The summed E-state index contributed by atoms with van der Waals surface area (Å²) in [6, 6.07) is 4.38. The first-order chi connectivity index (χ1) is 11.9.